The first-order valence-electron chi connectivity index (χ1n) is 5.83. The van der Waals surface area contributed by atoms with Crippen LogP contribution in [0.1, 0.15) is 18.1 Å². The highest BCUT2D eigenvalue weighted by molar-refractivity contribution is 5.74. The monoisotopic (exact) mass is 303 g/mol. The summed E-state index contributed by atoms with van der Waals surface area (Å²) in [7, 11) is 1.29. The molecule has 0 aromatic heterocycles. The Hall–Kier alpha value is -2.43. The molecule has 0 aliphatic carbocycles. The number of methoxy groups -OCH3 is 1. The average molecular weight is 303 g/mol. The number of ether oxygens (including phenoxy) is 3. The van der Waals surface area contributed by atoms with Crippen molar-refractivity contribution in [3.63, 3.8) is 0 Å². The SMILES string of the molecule is CCOC(=O)Cc1cc(OC)cc(C#N)c1OC(F)(F)F. The van der Waals surface area contributed by atoms with Gasteiger partial charge < -0.3 is 14.2 Å². The molecule has 0 aliphatic heterocycles. The third-order valence-corrected chi connectivity index (χ3v) is 2.35. The van der Waals surface area contributed by atoms with Crippen LogP contribution in [-0.2, 0) is 16.0 Å². The fourth-order valence-electron chi connectivity index (χ4n) is 1.60. The summed E-state index contributed by atoms with van der Waals surface area (Å²) < 4.78 is 50.7. The Balaban J connectivity index is 3.29. The Labute approximate surface area is 118 Å². The molecule has 0 saturated carbocycles. The lowest BCUT2D eigenvalue weighted by Gasteiger charge is -2.15. The molecule has 0 radical (unpaired) electrons. The minimum absolute atomic E-state index is 0.0867. The first-order valence-corrected chi connectivity index (χ1v) is 5.83. The number of nitriles is 1. The van der Waals surface area contributed by atoms with Gasteiger partial charge in [0.1, 0.15) is 11.8 Å². The zero-order valence-corrected chi connectivity index (χ0v) is 11.3. The van der Waals surface area contributed by atoms with E-state index < -0.39 is 24.5 Å². The van der Waals surface area contributed by atoms with E-state index in [-0.39, 0.29) is 23.5 Å². The number of carbonyl (C=O) groups excluding carboxylic acids is 1. The Morgan fingerprint density at radius 2 is 2.05 bits per heavy atom. The highest BCUT2D eigenvalue weighted by Gasteiger charge is 2.34. The molecule has 0 aliphatic rings. The molecule has 1 aromatic rings. The quantitative estimate of drug-likeness (QED) is 0.782. The summed E-state index contributed by atoms with van der Waals surface area (Å²) in [6, 6.07) is 3.87. The van der Waals surface area contributed by atoms with Crippen molar-refractivity contribution in [2.24, 2.45) is 0 Å². The van der Waals surface area contributed by atoms with Gasteiger partial charge in [0.15, 0.2) is 5.75 Å². The van der Waals surface area contributed by atoms with Crippen LogP contribution in [0.5, 0.6) is 11.5 Å². The van der Waals surface area contributed by atoms with Gasteiger partial charge in [0.2, 0.25) is 0 Å². The van der Waals surface area contributed by atoms with E-state index in [1.807, 2.05) is 0 Å². The predicted molar refractivity (Wildman–Crippen MR) is 64.7 cm³/mol. The lowest BCUT2D eigenvalue weighted by Crippen LogP contribution is -2.20. The first kappa shape index (κ1) is 16.6. The van der Waals surface area contributed by atoms with Crippen molar-refractivity contribution in [1.29, 1.82) is 5.26 Å². The first-order chi connectivity index (χ1) is 9.80. The third-order valence-electron chi connectivity index (χ3n) is 2.35. The van der Waals surface area contributed by atoms with Gasteiger partial charge in [0.05, 0.1) is 25.7 Å². The molecule has 0 unspecified atom stereocenters. The number of halogens is 3. The second-order valence-electron chi connectivity index (χ2n) is 3.80. The van der Waals surface area contributed by atoms with Crippen LogP contribution in [0.3, 0.4) is 0 Å². The van der Waals surface area contributed by atoms with Gasteiger partial charge >= 0.3 is 12.3 Å². The van der Waals surface area contributed by atoms with Crippen molar-refractivity contribution in [1.82, 2.24) is 0 Å². The molecular weight excluding hydrogens is 291 g/mol. The number of esters is 1. The Bertz CT molecular complexity index is 564. The maximum atomic E-state index is 12.4. The minimum atomic E-state index is -4.98. The summed E-state index contributed by atoms with van der Waals surface area (Å²) in [6.45, 7) is 1.65. The molecule has 8 heteroatoms. The van der Waals surface area contributed by atoms with Gasteiger partial charge in [0, 0.05) is 11.6 Å². The summed E-state index contributed by atoms with van der Waals surface area (Å²) in [5.74, 6) is -1.32. The number of rotatable bonds is 5. The Kier molecular flexibility index (Phi) is 5.41. The van der Waals surface area contributed by atoms with E-state index >= 15 is 0 Å². The number of hydrogen-bond donors (Lipinski definition) is 0. The van der Waals surface area contributed by atoms with Gasteiger partial charge in [-0.15, -0.1) is 13.2 Å². The molecule has 0 fully saturated rings. The summed E-state index contributed by atoms with van der Waals surface area (Å²) >= 11 is 0. The fourth-order valence-corrected chi connectivity index (χ4v) is 1.60. The number of hydrogen-bond acceptors (Lipinski definition) is 5. The summed E-state index contributed by atoms with van der Waals surface area (Å²) in [5.41, 5.74) is -0.521. The van der Waals surface area contributed by atoms with Crippen LogP contribution in [0, 0.1) is 11.3 Å². The molecule has 0 amide bonds. The number of carbonyl (C=O) groups is 1. The van der Waals surface area contributed by atoms with E-state index in [2.05, 4.69) is 9.47 Å². The van der Waals surface area contributed by atoms with Crippen LogP contribution in [0.25, 0.3) is 0 Å². The van der Waals surface area contributed by atoms with E-state index in [4.69, 9.17) is 10.00 Å². The summed E-state index contributed by atoms with van der Waals surface area (Å²) in [4.78, 5) is 11.4. The lowest BCUT2D eigenvalue weighted by molar-refractivity contribution is -0.275. The van der Waals surface area contributed by atoms with Crippen LogP contribution in [0.15, 0.2) is 12.1 Å². The summed E-state index contributed by atoms with van der Waals surface area (Å²) in [6.07, 6.45) is -5.45. The fraction of sp³-hybridized carbons (Fsp3) is 0.385. The van der Waals surface area contributed by atoms with Crippen molar-refractivity contribution in [3.05, 3.63) is 23.3 Å². The molecule has 0 atom stereocenters. The van der Waals surface area contributed by atoms with Crippen LogP contribution in [0.4, 0.5) is 13.2 Å². The topological polar surface area (TPSA) is 68.5 Å². The Morgan fingerprint density at radius 3 is 2.52 bits per heavy atom. The normalized spacial score (nSPS) is 10.7. The van der Waals surface area contributed by atoms with Gasteiger partial charge in [-0.2, -0.15) is 5.26 Å². The van der Waals surface area contributed by atoms with Crippen LogP contribution in [-0.4, -0.2) is 26.0 Å². The standard InChI is InChI=1S/C13H12F3NO4/c1-3-20-11(18)6-8-4-10(19-2)5-9(7-17)12(8)21-13(14,15)16/h4-5H,3,6H2,1-2H3. The molecule has 114 valence electrons. The van der Waals surface area contributed by atoms with Crippen LogP contribution in [0.2, 0.25) is 0 Å². The van der Waals surface area contributed by atoms with Crippen molar-refractivity contribution in [3.8, 4) is 17.6 Å². The predicted octanol–water partition coefficient (Wildman–Crippen LogP) is 2.57. The molecule has 21 heavy (non-hydrogen) atoms. The van der Waals surface area contributed by atoms with E-state index in [0.29, 0.717) is 0 Å². The second kappa shape index (κ2) is 6.83. The van der Waals surface area contributed by atoms with Crippen molar-refractivity contribution < 1.29 is 32.2 Å². The van der Waals surface area contributed by atoms with Gasteiger partial charge in [0.25, 0.3) is 0 Å². The van der Waals surface area contributed by atoms with Gasteiger partial charge in [-0.05, 0) is 13.0 Å². The van der Waals surface area contributed by atoms with Crippen LogP contribution >= 0.6 is 0 Å². The van der Waals surface area contributed by atoms with E-state index in [1.54, 1.807) is 13.0 Å². The van der Waals surface area contributed by atoms with Gasteiger partial charge in [-0.25, -0.2) is 0 Å². The average Bonchev–Trinajstić information content (AvgIpc) is 2.39. The zero-order valence-electron chi connectivity index (χ0n) is 11.3. The molecule has 0 saturated heterocycles. The number of alkyl halides is 3. The number of benzene rings is 1. The molecule has 1 aromatic carbocycles. The van der Waals surface area contributed by atoms with Crippen molar-refractivity contribution >= 4 is 5.97 Å². The van der Waals surface area contributed by atoms with Crippen molar-refractivity contribution in [2.75, 3.05) is 13.7 Å². The second-order valence-corrected chi connectivity index (χ2v) is 3.80. The van der Waals surface area contributed by atoms with Gasteiger partial charge in [-0.3, -0.25) is 4.79 Å². The molecule has 5 nitrogen and oxygen atoms in total. The van der Waals surface area contributed by atoms with E-state index in [9.17, 15) is 18.0 Å². The lowest BCUT2D eigenvalue weighted by atomic mass is 10.1. The van der Waals surface area contributed by atoms with Gasteiger partial charge in [-0.1, -0.05) is 0 Å². The van der Waals surface area contributed by atoms with Crippen molar-refractivity contribution in [2.45, 2.75) is 19.7 Å². The maximum Gasteiger partial charge on any atom is 0.573 e. The molecule has 1 rings (SSSR count). The molecule has 0 N–H and O–H groups in total. The molecular formula is C13H12F3NO4. The highest BCUT2D eigenvalue weighted by Crippen LogP contribution is 2.33. The van der Waals surface area contributed by atoms with Crippen LogP contribution < -0.4 is 9.47 Å². The molecule has 0 heterocycles. The minimum Gasteiger partial charge on any atom is -0.497 e. The third kappa shape index (κ3) is 4.87. The molecule has 0 bridgehead atoms. The highest BCUT2D eigenvalue weighted by atomic mass is 19.4. The Morgan fingerprint density at radius 1 is 1.38 bits per heavy atom. The van der Waals surface area contributed by atoms with E-state index in [0.717, 1.165) is 6.07 Å². The zero-order chi connectivity index (χ0) is 16.0. The number of nitrogens with zero attached hydrogens (tertiary/aromatic N) is 1. The maximum absolute atomic E-state index is 12.4. The summed E-state index contributed by atoms with van der Waals surface area (Å²) in [5, 5.41) is 8.93. The largest absolute Gasteiger partial charge is 0.573 e. The van der Waals surface area contributed by atoms with E-state index in [1.165, 1.54) is 13.2 Å². The molecule has 0 spiro atoms. The smallest absolute Gasteiger partial charge is 0.497 e.